The summed E-state index contributed by atoms with van der Waals surface area (Å²) < 4.78 is 2.90. The molecule has 2 N–H and O–H groups in total. The molecule has 0 atom stereocenters. The number of aryl methyl sites for hydroxylation is 1. The molecule has 0 radical (unpaired) electrons. The van der Waals surface area contributed by atoms with Crippen molar-refractivity contribution in [2.75, 3.05) is 25.0 Å². The second-order valence-corrected chi connectivity index (χ2v) is 9.22. The molecule has 1 saturated carbocycles. The average Bonchev–Trinajstić information content (AvgIpc) is 3.61. The number of likely N-dealkylation sites (tertiary alicyclic amines) is 1. The van der Waals surface area contributed by atoms with Crippen molar-refractivity contribution >= 4 is 22.7 Å². The number of carboxylic acid groups (broad SMARTS) is 1. The Morgan fingerprint density at radius 2 is 1.85 bits per heavy atom. The van der Waals surface area contributed by atoms with Gasteiger partial charge in [-0.05, 0) is 63.4 Å². The lowest BCUT2D eigenvalue weighted by Crippen LogP contribution is -2.39. The van der Waals surface area contributed by atoms with Gasteiger partial charge in [-0.3, -0.25) is 14.2 Å². The summed E-state index contributed by atoms with van der Waals surface area (Å²) in [4.78, 5) is 47.5. The lowest BCUT2D eigenvalue weighted by atomic mass is 9.97. The third-order valence-corrected chi connectivity index (χ3v) is 6.82. The van der Waals surface area contributed by atoms with Gasteiger partial charge in [-0.2, -0.15) is 4.98 Å². The van der Waals surface area contributed by atoms with Crippen LogP contribution < -0.4 is 16.6 Å². The highest BCUT2D eigenvalue weighted by Gasteiger charge is 2.26. The van der Waals surface area contributed by atoms with Gasteiger partial charge >= 0.3 is 11.7 Å². The number of nitrogens with one attached hydrogen (secondary N) is 1. The number of nitrogens with zero attached hydrogens (tertiary/aromatic N) is 5. The van der Waals surface area contributed by atoms with E-state index in [9.17, 15) is 19.5 Å². The summed E-state index contributed by atoms with van der Waals surface area (Å²) in [6, 6.07) is 4.49. The van der Waals surface area contributed by atoms with E-state index in [-0.39, 0.29) is 17.4 Å². The van der Waals surface area contributed by atoms with E-state index in [0.29, 0.717) is 50.6 Å². The van der Waals surface area contributed by atoms with Gasteiger partial charge in [-0.15, -0.1) is 0 Å². The van der Waals surface area contributed by atoms with E-state index in [1.807, 2.05) is 23.6 Å². The lowest BCUT2D eigenvalue weighted by Gasteiger charge is -2.30. The maximum atomic E-state index is 12.8. The predicted molar refractivity (Wildman–Crippen MR) is 124 cm³/mol. The van der Waals surface area contributed by atoms with Crippen LogP contribution >= 0.6 is 0 Å². The standard InChI is InChI=1S/C23H28N6O4/c1-13-11-17-18(12-16(13)24-15-3-4-15)29(10-9-28-7-5-14(6-8-28)22(31)32)20-19(25-17)21(30)27(2)23(33)26-20/h11-12,14-15,24H,3-10H2,1-2H3,(H,31,32). The Morgan fingerprint density at radius 1 is 1.12 bits per heavy atom. The van der Waals surface area contributed by atoms with Crippen molar-refractivity contribution in [3.63, 3.8) is 0 Å². The minimum Gasteiger partial charge on any atom is -0.481 e. The molecule has 10 nitrogen and oxygen atoms in total. The fraction of sp³-hybridized carbons (Fsp3) is 0.522. The second-order valence-electron chi connectivity index (χ2n) is 9.22. The van der Waals surface area contributed by atoms with Gasteiger partial charge < -0.3 is 19.9 Å². The minimum absolute atomic E-state index is 0.177. The van der Waals surface area contributed by atoms with E-state index >= 15 is 0 Å². The maximum Gasteiger partial charge on any atom is 0.352 e. The number of hydrogen-bond acceptors (Lipinski definition) is 7. The molecule has 1 aromatic rings. The van der Waals surface area contributed by atoms with E-state index in [1.165, 1.54) is 7.05 Å². The van der Waals surface area contributed by atoms with Crippen LogP contribution in [0.4, 0.5) is 5.69 Å². The zero-order valence-corrected chi connectivity index (χ0v) is 18.9. The van der Waals surface area contributed by atoms with Crippen LogP contribution in [-0.2, 0) is 18.4 Å². The van der Waals surface area contributed by atoms with Gasteiger partial charge in [0.1, 0.15) is 0 Å². The number of hydrogen-bond donors (Lipinski definition) is 2. The highest BCUT2D eigenvalue weighted by molar-refractivity contribution is 5.84. The fourth-order valence-electron chi connectivity index (χ4n) is 4.54. The Bertz CT molecular complexity index is 1320. The SMILES string of the molecule is Cc1cc2nc3c(=O)n(C)c(=O)nc-3n(CCN3CCC(C(=O)O)CC3)c2cc1NC1CC1. The maximum absolute atomic E-state index is 12.8. The molecule has 0 bridgehead atoms. The predicted octanol–water partition coefficient (Wildman–Crippen LogP) is 1.27. The van der Waals surface area contributed by atoms with Crippen LogP contribution in [0.2, 0.25) is 0 Å². The van der Waals surface area contributed by atoms with Gasteiger partial charge in [-0.1, -0.05) is 0 Å². The molecule has 10 heteroatoms. The van der Waals surface area contributed by atoms with E-state index in [4.69, 9.17) is 0 Å². The number of aliphatic carboxylic acids is 1. The summed E-state index contributed by atoms with van der Waals surface area (Å²) in [6.45, 7) is 4.60. The highest BCUT2D eigenvalue weighted by atomic mass is 16.4. The van der Waals surface area contributed by atoms with Gasteiger partial charge in [0.15, 0.2) is 11.5 Å². The summed E-state index contributed by atoms with van der Waals surface area (Å²) in [7, 11) is 1.41. The van der Waals surface area contributed by atoms with Crippen LogP contribution in [0.1, 0.15) is 31.2 Å². The van der Waals surface area contributed by atoms with Crippen LogP contribution in [0.25, 0.3) is 22.6 Å². The van der Waals surface area contributed by atoms with Crippen LogP contribution in [0.5, 0.6) is 0 Å². The number of anilines is 1. The zero-order chi connectivity index (χ0) is 23.3. The normalized spacial score (nSPS) is 17.6. The number of carboxylic acids is 1. The largest absolute Gasteiger partial charge is 0.481 e. The molecule has 174 valence electrons. The molecule has 0 unspecified atom stereocenters. The van der Waals surface area contributed by atoms with Crippen LogP contribution in [-0.4, -0.2) is 60.8 Å². The molecule has 5 rings (SSSR count). The number of aromatic nitrogens is 4. The second kappa shape index (κ2) is 8.26. The molecular formula is C23H28N6O4. The molecule has 0 aromatic heterocycles. The topological polar surface area (TPSA) is 122 Å². The molecule has 3 heterocycles. The summed E-state index contributed by atoms with van der Waals surface area (Å²) in [6.07, 6.45) is 3.54. The van der Waals surface area contributed by atoms with Crippen molar-refractivity contribution in [3.8, 4) is 11.5 Å². The number of fused-ring (bicyclic) bond motifs is 2. The first-order chi connectivity index (χ1) is 15.8. The van der Waals surface area contributed by atoms with E-state index < -0.39 is 17.2 Å². The van der Waals surface area contributed by atoms with E-state index in [1.54, 1.807) is 0 Å². The summed E-state index contributed by atoms with van der Waals surface area (Å²) in [5.74, 6) is -0.732. The first kappa shape index (κ1) is 21.6. The summed E-state index contributed by atoms with van der Waals surface area (Å²) in [5, 5.41) is 12.8. The Labute approximate surface area is 190 Å². The first-order valence-electron chi connectivity index (χ1n) is 11.5. The Hall–Kier alpha value is -3.27. The Kier molecular flexibility index (Phi) is 5.40. The highest BCUT2D eigenvalue weighted by Crippen LogP contribution is 2.31. The summed E-state index contributed by atoms with van der Waals surface area (Å²) in [5.41, 5.74) is 2.69. The Morgan fingerprint density at radius 3 is 2.52 bits per heavy atom. The molecule has 1 aromatic carbocycles. The lowest BCUT2D eigenvalue weighted by molar-refractivity contribution is -0.143. The molecule has 1 saturated heterocycles. The van der Waals surface area contributed by atoms with Crippen molar-refractivity contribution in [2.24, 2.45) is 13.0 Å². The van der Waals surface area contributed by atoms with Gasteiger partial charge in [-0.25, -0.2) is 9.78 Å². The number of benzene rings is 1. The smallest absolute Gasteiger partial charge is 0.352 e. The molecular weight excluding hydrogens is 424 g/mol. The van der Waals surface area contributed by atoms with Crippen LogP contribution in [0, 0.1) is 12.8 Å². The molecule has 33 heavy (non-hydrogen) atoms. The molecule has 3 aliphatic heterocycles. The number of carbonyl (C=O) groups is 1. The number of piperidine rings is 1. The zero-order valence-electron chi connectivity index (χ0n) is 18.9. The molecule has 0 spiro atoms. The van der Waals surface area contributed by atoms with Crippen molar-refractivity contribution in [1.82, 2.24) is 24.0 Å². The summed E-state index contributed by atoms with van der Waals surface area (Å²) >= 11 is 0. The van der Waals surface area contributed by atoms with Gasteiger partial charge in [0.05, 0.1) is 17.0 Å². The molecule has 1 aliphatic carbocycles. The van der Waals surface area contributed by atoms with E-state index in [0.717, 1.165) is 34.2 Å². The first-order valence-corrected chi connectivity index (χ1v) is 11.5. The average molecular weight is 453 g/mol. The quantitative estimate of drug-likeness (QED) is 0.536. The minimum atomic E-state index is -0.732. The fourth-order valence-corrected chi connectivity index (χ4v) is 4.54. The molecule has 0 amide bonds. The van der Waals surface area contributed by atoms with Gasteiger partial charge in [0.2, 0.25) is 0 Å². The van der Waals surface area contributed by atoms with E-state index in [2.05, 4.69) is 20.2 Å². The van der Waals surface area contributed by atoms with Gasteiger partial charge in [0.25, 0.3) is 5.56 Å². The van der Waals surface area contributed by atoms with Crippen LogP contribution in [0.3, 0.4) is 0 Å². The van der Waals surface area contributed by atoms with Crippen molar-refractivity contribution in [1.29, 1.82) is 0 Å². The number of rotatable bonds is 6. The van der Waals surface area contributed by atoms with Crippen molar-refractivity contribution < 1.29 is 9.90 Å². The van der Waals surface area contributed by atoms with Gasteiger partial charge in [0, 0.05) is 31.9 Å². The van der Waals surface area contributed by atoms with Crippen molar-refractivity contribution in [3.05, 3.63) is 38.5 Å². The van der Waals surface area contributed by atoms with Crippen molar-refractivity contribution in [2.45, 2.75) is 45.2 Å². The third-order valence-electron chi connectivity index (χ3n) is 6.82. The Balaban J connectivity index is 1.56. The monoisotopic (exact) mass is 452 g/mol. The molecule has 4 aliphatic rings. The third kappa shape index (κ3) is 4.10. The molecule has 2 fully saturated rings. The van der Waals surface area contributed by atoms with Crippen LogP contribution in [0.15, 0.2) is 21.7 Å².